The molecular weight excluding hydrogens is 300 g/mol. The quantitative estimate of drug-likeness (QED) is 0.771. The number of hydrogen-bond acceptors (Lipinski definition) is 5. The fourth-order valence-corrected chi connectivity index (χ4v) is 2.39. The third kappa shape index (κ3) is 4.21. The van der Waals surface area contributed by atoms with E-state index in [4.69, 9.17) is 9.47 Å². The van der Waals surface area contributed by atoms with Crippen LogP contribution in [0.1, 0.15) is 25.7 Å². The number of rotatable bonds is 7. The number of likely N-dealkylation sites (tertiary alicyclic amines) is 1. The topological polar surface area (TPSA) is 84.9 Å². The van der Waals surface area contributed by atoms with Crippen molar-refractivity contribution >= 4 is 23.4 Å². The normalized spacial score (nSPS) is 14.1. The van der Waals surface area contributed by atoms with E-state index in [0.29, 0.717) is 23.6 Å². The standard InChI is InChI=1S/C16H20N2O5/c1-22-11-5-6-13(23-2)12(10-11)17-14(19)4-3-9-18-15(20)7-8-16(18)21/h5-6,10H,3-4,7-9H2,1-2H3,(H,17,19). The molecule has 1 fully saturated rings. The van der Waals surface area contributed by atoms with E-state index >= 15 is 0 Å². The Hall–Kier alpha value is -2.57. The Morgan fingerprint density at radius 2 is 1.87 bits per heavy atom. The van der Waals surface area contributed by atoms with Crippen LogP contribution in [0.3, 0.4) is 0 Å². The summed E-state index contributed by atoms with van der Waals surface area (Å²) in [7, 11) is 3.06. The van der Waals surface area contributed by atoms with Gasteiger partial charge in [0.1, 0.15) is 11.5 Å². The lowest BCUT2D eigenvalue weighted by Crippen LogP contribution is -2.30. The van der Waals surface area contributed by atoms with E-state index in [1.54, 1.807) is 18.2 Å². The molecule has 1 N–H and O–H groups in total. The molecule has 23 heavy (non-hydrogen) atoms. The zero-order valence-corrected chi connectivity index (χ0v) is 13.3. The average molecular weight is 320 g/mol. The smallest absolute Gasteiger partial charge is 0.229 e. The molecule has 7 nitrogen and oxygen atoms in total. The molecule has 0 atom stereocenters. The maximum Gasteiger partial charge on any atom is 0.229 e. The van der Waals surface area contributed by atoms with E-state index < -0.39 is 0 Å². The highest BCUT2D eigenvalue weighted by Crippen LogP contribution is 2.29. The van der Waals surface area contributed by atoms with Crippen LogP contribution in [0.25, 0.3) is 0 Å². The first-order valence-electron chi connectivity index (χ1n) is 7.40. The second-order valence-electron chi connectivity index (χ2n) is 5.16. The second-order valence-corrected chi connectivity index (χ2v) is 5.16. The summed E-state index contributed by atoms with van der Waals surface area (Å²) in [5.74, 6) is 0.601. The molecule has 7 heteroatoms. The second kappa shape index (κ2) is 7.62. The predicted molar refractivity (Wildman–Crippen MR) is 83.4 cm³/mol. The number of carbonyl (C=O) groups is 3. The number of carbonyl (C=O) groups excluding carboxylic acids is 3. The van der Waals surface area contributed by atoms with Crippen molar-refractivity contribution in [3.05, 3.63) is 18.2 Å². The number of anilines is 1. The minimum Gasteiger partial charge on any atom is -0.497 e. The number of hydrogen-bond donors (Lipinski definition) is 1. The molecule has 1 aromatic rings. The first kappa shape index (κ1) is 16.8. The highest BCUT2D eigenvalue weighted by molar-refractivity contribution is 6.02. The van der Waals surface area contributed by atoms with E-state index in [2.05, 4.69) is 5.32 Å². The van der Waals surface area contributed by atoms with Gasteiger partial charge in [-0.25, -0.2) is 0 Å². The van der Waals surface area contributed by atoms with Gasteiger partial charge in [0.25, 0.3) is 0 Å². The van der Waals surface area contributed by atoms with Gasteiger partial charge in [-0.1, -0.05) is 0 Å². The Morgan fingerprint density at radius 3 is 2.48 bits per heavy atom. The first-order chi connectivity index (χ1) is 11.0. The first-order valence-corrected chi connectivity index (χ1v) is 7.40. The van der Waals surface area contributed by atoms with Gasteiger partial charge in [0.05, 0.1) is 19.9 Å². The Labute approximate surface area is 134 Å². The summed E-state index contributed by atoms with van der Waals surface area (Å²) in [6.07, 6.45) is 1.17. The largest absolute Gasteiger partial charge is 0.497 e. The molecule has 0 saturated carbocycles. The van der Waals surface area contributed by atoms with Crippen LogP contribution in [0.4, 0.5) is 5.69 Å². The summed E-state index contributed by atoms with van der Waals surface area (Å²) in [4.78, 5) is 36.2. The van der Waals surface area contributed by atoms with E-state index in [-0.39, 0.29) is 43.5 Å². The zero-order valence-electron chi connectivity index (χ0n) is 13.3. The SMILES string of the molecule is COc1ccc(OC)c(NC(=O)CCCN2C(=O)CCC2=O)c1. The molecule has 0 aromatic heterocycles. The Kier molecular flexibility index (Phi) is 5.56. The van der Waals surface area contributed by atoms with Crippen LogP contribution in [-0.4, -0.2) is 43.4 Å². The molecule has 1 aliphatic heterocycles. The molecule has 3 amide bonds. The maximum absolute atomic E-state index is 12.0. The molecule has 2 rings (SSSR count). The van der Waals surface area contributed by atoms with Crippen molar-refractivity contribution in [2.75, 3.05) is 26.1 Å². The lowest BCUT2D eigenvalue weighted by atomic mass is 10.2. The summed E-state index contributed by atoms with van der Waals surface area (Å²) in [6, 6.07) is 5.11. The lowest BCUT2D eigenvalue weighted by molar-refractivity contribution is -0.138. The van der Waals surface area contributed by atoms with Crippen LogP contribution in [0.5, 0.6) is 11.5 Å². The van der Waals surface area contributed by atoms with Crippen molar-refractivity contribution in [2.45, 2.75) is 25.7 Å². The number of benzene rings is 1. The minimum atomic E-state index is -0.212. The number of nitrogens with zero attached hydrogens (tertiary/aromatic N) is 1. The molecule has 124 valence electrons. The molecule has 0 bridgehead atoms. The van der Waals surface area contributed by atoms with Gasteiger partial charge in [-0.3, -0.25) is 19.3 Å². The third-order valence-electron chi connectivity index (χ3n) is 3.62. The number of nitrogens with one attached hydrogen (secondary N) is 1. The van der Waals surface area contributed by atoms with E-state index in [9.17, 15) is 14.4 Å². The third-order valence-corrected chi connectivity index (χ3v) is 3.62. The predicted octanol–water partition coefficient (Wildman–Crippen LogP) is 1.57. The monoisotopic (exact) mass is 320 g/mol. The van der Waals surface area contributed by atoms with Gasteiger partial charge in [-0.15, -0.1) is 0 Å². The maximum atomic E-state index is 12.0. The van der Waals surface area contributed by atoms with Crippen LogP contribution in [0.2, 0.25) is 0 Å². The molecule has 1 aromatic carbocycles. The molecular formula is C16H20N2O5. The van der Waals surface area contributed by atoms with Crippen molar-refractivity contribution < 1.29 is 23.9 Å². The van der Waals surface area contributed by atoms with Gasteiger partial charge in [0.2, 0.25) is 17.7 Å². The molecule has 0 radical (unpaired) electrons. The minimum absolute atomic E-state index is 0.162. The Morgan fingerprint density at radius 1 is 1.17 bits per heavy atom. The molecule has 0 aliphatic carbocycles. The van der Waals surface area contributed by atoms with Crippen LogP contribution in [0.15, 0.2) is 18.2 Å². The van der Waals surface area contributed by atoms with E-state index in [0.717, 1.165) is 0 Å². The highest BCUT2D eigenvalue weighted by atomic mass is 16.5. The summed E-state index contributed by atoms with van der Waals surface area (Å²) in [6.45, 7) is 0.278. The van der Waals surface area contributed by atoms with Crippen molar-refractivity contribution in [2.24, 2.45) is 0 Å². The molecule has 0 unspecified atom stereocenters. The van der Waals surface area contributed by atoms with Gasteiger partial charge in [-0.05, 0) is 18.6 Å². The van der Waals surface area contributed by atoms with Gasteiger partial charge < -0.3 is 14.8 Å². The highest BCUT2D eigenvalue weighted by Gasteiger charge is 2.28. The van der Waals surface area contributed by atoms with Gasteiger partial charge in [0, 0.05) is 31.9 Å². The van der Waals surface area contributed by atoms with Crippen LogP contribution in [-0.2, 0) is 14.4 Å². The fraction of sp³-hybridized carbons (Fsp3) is 0.438. The molecule has 1 aliphatic rings. The van der Waals surface area contributed by atoms with Crippen LogP contribution < -0.4 is 14.8 Å². The molecule has 1 saturated heterocycles. The van der Waals surface area contributed by atoms with Gasteiger partial charge in [-0.2, -0.15) is 0 Å². The number of ether oxygens (including phenoxy) is 2. The van der Waals surface area contributed by atoms with Crippen molar-refractivity contribution in [3.8, 4) is 11.5 Å². The van der Waals surface area contributed by atoms with Crippen molar-refractivity contribution in [1.29, 1.82) is 0 Å². The van der Waals surface area contributed by atoms with E-state index in [1.165, 1.54) is 19.1 Å². The summed E-state index contributed by atoms with van der Waals surface area (Å²) < 4.78 is 10.3. The van der Waals surface area contributed by atoms with E-state index in [1.807, 2.05) is 0 Å². The van der Waals surface area contributed by atoms with Crippen LogP contribution >= 0.6 is 0 Å². The average Bonchev–Trinajstić information content (AvgIpc) is 2.86. The van der Waals surface area contributed by atoms with Crippen LogP contribution in [0, 0.1) is 0 Å². The molecule has 1 heterocycles. The fourth-order valence-electron chi connectivity index (χ4n) is 2.39. The molecule has 0 spiro atoms. The number of methoxy groups -OCH3 is 2. The zero-order chi connectivity index (χ0) is 16.8. The van der Waals surface area contributed by atoms with Gasteiger partial charge in [0.15, 0.2) is 0 Å². The lowest BCUT2D eigenvalue weighted by Gasteiger charge is -2.14. The summed E-state index contributed by atoms with van der Waals surface area (Å²) in [5.41, 5.74) is 0.519. The number of imide groups is 1. The number of amides is 3. The summed E-state index contributed by atoms with van der Waals surface area (Å²) in [5, 5.41) is 2.75. The summed E-state index contributed by atoms with van der Waals surface area (Å²) >= 11 is 0. The van der Waals surface area contributed by atoms with Gasteiger partial charge >= 0.3 is 0 Å². The van der Waals surface area contributed by atoms with Crippen molar-refractivity contribution in [1.82, 2.24) is 4.90 Å². The Bertz CT molecular complexity index is 598. The van der Waals surface area contributed by atoms with Crippen molar-refractivity contribution in [3.63, 3.8) is 0 Å². The Balaban J connectivity index is 1.87.